The van der Waals surface area contributed by atoms with Gasteiger partial charge in [0.15, 0.2) is 0 Å². The van der Waals surface area contributed by atoms with Crippen molar-refractivity contribution in [2.45, 2.75) is 57.5 Å². The molecule has 0 N–H and O–H groups in total. The molecule has 0 unspecified atom stereocenters. The van der Waals surface area contributed by atoms with Crippen molar-refractivity contribution in [2.24, 2.45) is 0 Å². The Hall–Kier alpha value is -3.06. The van der Waals surface area contributed by atoms with E-state index in [1.807, 2.05) is 24.0 Å². The van der Waals surface area contributed by atoms with Crippen LogP contribution >= 0.6 is 0 Å². The number of amides is 3. The summed E-state index contributed by atoms with van der Waals surface area (Å²) < 4.78 is 0. The molecule has 4 saturated heterocycles. The van der Waals surface area contributed by atoms with Crippen LogP contribution in [-0.4, -0.2) is 73.1 Å². The lowest BCUT2D eigenvalue weighted by Crippen LogP contribution is -2.56. The van der Waals surface area contributed by atoms with Crippen LogP contribution in [0.25, 0.3) is 0 Å². The van der Waals surface area contributed by atoms with Crippen LogP contribution in [0, 0.1) is 0 Å². The van der Waals surface area contributed by atoms with Crippen LogP contribution in [0.5, 0.6) is 0 Å². The fourth-order valence-electron chi connectivity index (χ4n) is 6.78. The minimum absolute atomic E-state index is 0.0529. The maximum Gasteiger partial charge on any atom is 0.332 e. The molecular formula is C30H39N5O2. The number of imide groups is 1. The predicted octanol–water partition coefficient (Wildman–Crippen LogP) is 4.71. The maximum absolute atomic E-state index is 13.9. The Morgan fingerprint density at radius 3 is 1.68 bits per heavy atom. The summed E-state index contributed by atoms with van der Waals surface area (Å²) in [5.74, 6) is -0.0529. The van der Waals surface area contributed by atoms with Gasteiger partial charge >= 0.3 is 6.03 Å². The van der Waals surface area contributed by atoms with Crippen molar-refractivity contribution in [3.05, 3.63) is 54.1 Å². The number of carbonyl (C=O) groups is 2. The second-order valence-corrected chi connectivity index (χ2v) is 11.0. The van der Waals surface area contributed by atoms with Crippen LogP contribution in [-0.2, 0) is 11.3 Å². The average molecular weight is 502 g/mol. The lowest BCUT2D eigenvalue weighted by molar-refractivity contribution is -0.127. The molecule has 4 aliphatic rings. The van der Waals surface area contributed by atoms with E-state index in [9.17, 15) is 9.59 Å². The number of urea groups is 1. The highest BCUT2D eigenvalue weighted by molar-refractivity contribution is 6.23. The van der Waals surface area contributed by atoms with Crippen LogP contribution in [0.4, 0.5) is 21.9 Å². The third-order valence-corrected chi connectivity index (χ3v) is 8.93. The van der Waals surface area contributed by atoms with E-state index >= 15 is 0 Å². The molecule has 0 saturated carbocycles. The number of likely N-dealkylation sites (tertiary alicyclic amines) is 1. The predicted molar refractivity (Wildman–Crippen MR) is 148 cm³/mol. The first-order chi connectivity index (χ1) is 18.1. The number of nitrogens with zero attached hydrogens (tertiary/aromatic N) is 5. The molecule has 196 valence electrons. The molecule has 0 aliphatic carbocycles. The molecule has 7 nitrogen and oxygen atoms in total. The fraction of sp³-hybridized carbons (Fsp3) is 0.533. The molecule has 0 radical (unpaired) electrons. The third-order valence-electron chi connectivity index (χ3n) is 8.93. The van der Waals surface area contributed by atoms with Crippen LogP contribution in [0.1, 0.15) is 51.0 Å². The van der Waals surface area contributed by atoms with E-state index in [4.69, 9.17) is 0 Å². The number of piperidine rings is 1. The Bertz CT molecular complexity index is 1110. The molecule has 2 aromatic carbocycles. The number of anilines is 3. The van der Waals surface area contributed by atoms with Gasteiger partial charge in [0.1, 0.15) is 5.54 Å². The molecule has 0 bridgehead atoms. The molecule has 4 aliphatic heterocycles. The number of carbonyl (C=O) groups excluding carboxylic acids is 2. The molecule has 4 fully saturated rings. The maximum atomic E-state index is 13.9. The molecule has 6 rings (SSSR count). The molecule has 2 aromatic rings. The molecule has 1 spiro atoms. The van der Waals surface area contributed by atoms with E-state index < -0.39 is 5.54 Å². The second kappa shape index (κ2) is 10.0. The lowest BCUT2D eigenvalue weighted by Gasteiger charge is -2.41. The first-order valence-corrected chi connectivity index (χ1v) is 14.2. The number of hydrogen-bond acceptors (Lipinski definition) is 5. The zero-order valence-electron chi connectivity index (χ0n) is 22.1. The summed E-state index contributed by atoms with van der Waals surface area (Å²) in [5.41, 5.74) is 3.76. The topological polar surface area (TPSA) is 50.3 Å². The first-order valence-electron chi connectivity index (χ1n) is 14.2. The van der Waals surface area contributed by atoms with Gasteiger partial charge in [-0.25, -0.2) is 9.69 Å². The standard InChI is InChI=1S/C30H39N5O2/c1-2-34-29(37)35(27-13-11-26(12-14-27)33-19-5-6-20-33)28(36)30(34)15-21-31(22-16-30)23-24-7-9-25(10-8-24)32-17-3-4-18-32/h7-14H,2-6,15-23H2,1H3. The van der Waals surface area contributed by atoms with E-state index in [-0.39, 0.29) is 11.9 Å². The zero-order chi connectivity index (χ0) is 25.4. The summed E-state index contributed by atoms with van der Waals surface area (Å²) in [5, 5.41) is 0. The summed E-state index contributed by atoms with van der Waals surface area (Å²) in [6, 6.07) is 16.8. The second-order valence-electron chi connectivity index (χ2n) is 11.0. The highest BCUT2D eigenvalue weighted by Crippen LogP contribution is 2.40. The van der Waals surface area contributed by atoms with Gasteiger partial charge in [0.05, 0.1) is 5.69 Å². The average Bonchev–Trinajstić information content (AvgIpc) is 3.69. The summed E-state index contributed by atoms with van der Waals surface area (Å²) >= 11 is 0. The Kier molecular flexibility index (Phi) is 6.57. The van der Waals surface area contributed by atoms with Crippen molar-refractivity contribution >= 4 is 29.0 Å². The molecule has 4 heterocycles. The number of hydrogen-bond donors (Lipinski definition) is 0. The number of rotatable bonds is 6. The zero-order valence-corrected chi connectivity index (χ0v) is 22.1. The van der Waals surface area contributed by atoms with E-state index in [1.165, 1.54) is 47.5 Å². The van der Waals surface area contributed by atoms with Gasteiger partial charge in [-0.3, -0.25) is 9.69 Å². The number of benzene rings is 2. The Labute approximate surface area is 220 Å². The molecule has 37 heavy (non-hydrogen) atoms. The van der Waals surface area contributed by atoms with Crippen molar-refractivity contribution in [3.8, 4) is 0 Å². The van der Waals surface area contributed by atoms with Crippen molar-refractivity contribution in [1.29, 1.82) is 0 Å². The van der Waals surface area contributed by atoms with Gasteiger partial charge in [-0.2, -0.15) is 0 Å². The molecule has 0 atom stereocenters. The lowest BCUT2D eigenvalue weighted by atomic mass is 9.85. The minimum Gasteiger partial charge on any atom is -0.372 e. The molecule has 0 aromatic heterocycles. The van der Waals surface area contributed by atoms with Gasteiger partial charge in [-0.15, -0.1) is 0 Å². The van der Waals surface area contributed by atoms with E-state index in [0.717, 1.165) is 45.8 Å². The number of likely N-dealkylation sites (N-methyl/N-ethyl adjacent to an activating group) is 1. The third kappa shape index (κ3) is 4.37. The SMILES string of the molecule is CCN1C(=O)N(c2ccc(N3CCCC3)cc2)C(=O)C12CCN(Cc1ccc(N3CCCC3)cc1)CC2. The summed E-state index contributed by atoms with van der Waals surface area (Å²) in [6.07, 6.45) is 6.38. The first kappa shape index (κ1) is 24.3. The van der Waals surface area contributed by atoms with Crippen LogP contribution < -0.4 is 14.7 Å². The largest absolute Gasteiger partial charge is 0.372 e. The van der Waals surface area contributed by atoms with Crippen LogP contribution in [0.3, 0.4) is 0 Å². The van der Waals surface area contributed by atoms with Gasteiger partial charge in [0.2, 0.25) is 0 Å². The van der Waals surface area contributed by atoms with Gasteiger partial charge < -0.3 is 14.7 Å². The minimum atomic E-state index is -0.727. The molecular weight excluding hydrogens is 462 g/mol. The Morgan fingerprint density at radius 1 is 0.676 bits per heavy atom. The molecule has 3 amide bonds. The van der Waals surface area contributed by atoms with E-state index in [2.05, 4.69) is 51.1 Å². The van der Waals surface area contributed by atoms with Gasteiger partial charge in [0, 0.05) is 63.7 Å². The highest BCUT2D eigenvalue weighted by Gasteiger charge is 2.57. The van der Waals surface area contributed by atoms with Gasteiger partial charge in [-0.1, -0.05) is 12.1 Å². The van der Waals surface area contributed by atoms with E-state index in [1.54, 1.807) is 0 Å². The van der Waals surface area contributed by atoms with Crippen LogP contribution in [0.2, 0.25) is 0 Å². The monoisotopic (exact) mass is 501 g/mol. The Morgan fingerprint density at radius 2 is 1.16 bits per heavy atom. The van der Waals surface area contributed by atoms with Gasteiger partial charge in [0.25, 0.3) is 5.91 Å². The quantitative estimate of drug-likeness (QED) is 0.537. The highest BCUT2D eigenvalue weighted by atomic mass is 16.2. The fourth-order valence-corrected chi connectivity index (χ4v) is 6.78. The molecule has 7 heteroatoms. The summed E-state index contributed by atoms with van der Waals surface area (Å²) in [6.45, 7) is 9.51. The van der Waals surface area contributed by atoms with Crippen LogP contribution in [0.15, 0.2) is 48.5 Å². The van der Waals surface area contributed by atoms with Crippen molar-refractivity contribution in [2.75, 3.05) is 60.5 Å². The van der Waals surface area contributed by atoms with Crippen molar-refractivity contribution < 1.29 is 9.59 Å². The normalized spacial score (nSPS) is 22.2. The van der Waals surface area contributed by atoms with Gasteiger partial charge in [-0.05, 0) is 87.4 Å². The Balaban J connectivity index is 1.13. The summed E-state index contributed by atoms with van der Waals surface area (Å²) in [7, 11) is 0. The van der Waals surface area contributed by atoms with E-state index in [0.29, 0.717) is 25.1 Å². The van der Waals surface area contributed by atoms with Crippen molar-refractivity contribution in [3.63, 3.8) is 0 Å². The summed E-state index contributed by atoms with van der Waals surface area (Å²) in [4.78, 5) is 37.9. The smallest absolute Gasteiger partial charge is 0.332 e. The van der Waals surface area contributed by atoms with Crippen molar-refractivity contribution in [1.82, 2.24) is 9.80 Å².